The minimum atomic E-state index is -1.43. The average molecular weight is 312 g/mol. The number of thioether (sulfide) groups is 1. The lowest BCUT2D eigenvalue weighted by atomic mass is 10.00. The van der Waals surface area contributed by atoms with E-state index in [4.69, 9.17) is 19.7 Å². The Hall–Kier alpha value is -0.420. The molecule has 1 aliphatic heterocycles. The molecule has 0 aromatic rings. The Labute approximate surface area is 120 Å². The number of hydrogen-bond donors (Lipinski definition) is 5. The van der Waals surface area contributed by atoms with Crippen molar-refractivity contribution in [2.24, 2.45) is 0 Å². The number of rotatable bonds is 7. The number of carboxylic acid groups (broad SMARTS) is 1. The largest absolute Gasteiger partial charge is 0.480 e. The number of aliphatic carboxylic acids is 1. The van der Waals surface area contributed by atoms with Crippen LogP contribution in [0.1, 0.15) is 6.42 Å². The molecule has 1 fully saturated rings. The third kappa shape index (κ3) is 4.29. The van der Waals surface area contributed by atoms with Crippen molar-refractivity contribution >= 4 is 17.7 Å². The highest BCUT2D eigenvalue weighted by Gasteiger charge is 2.44. The fourth-order valence-electron chi connectivity index (χ4n) is 1.86. The zero-order valence-corrected chi connectivity index (χ0v) is 11.8. The van der Waals surface area contributed by atoms with Crippen LogP contribution >= 0.6 is 11.8 Å². The highest BCUT2D eigenvalue weighted by Crippen LogP contribution is 2.26. The van der Waals surface area contributed by atoms with Gasteiger partial charge in [0.05, 0.1) is 6.10 Å². The van der Waals surface area contributed by atoms with Crippen LogP contribution in [-0.2, 0) is 14.3 Å². The zero-order chi connectivity index (χ0) is 15.3. The second kappa shape index (κ2) is 8.13. The summed E-state index contributed by atoms with van der Waals surface area (Å²) in [5.41, 5.74) is 0. The second-order valence-corrected chi connectivity index (χ2v) is 5.66. The molecule has 1 heterocycles. The van der Waals surface area contributed by atoms with Crippen LogP contribution in [0.4, 0.5) is 0 Å². The summed E-state index contributed by atoms with van der Waals surface area (Å²) < 4.78 is 10.1. The minimum absolute atomic E-state index is 0.0711. The third-order valence-electron chi connectivity index (χ3n) is 3.03. The third-order valence-corrected chi connectivity index (χ3v) is 4.39. The second-order valence-electron chi connectivity index (χ2n) is 4.42. The maximum atomic E-state index is 10.9. The summed E-state index contributed by atoms with van der Waals surface area (Å²) in [4.78, 5) is 10.9. The summed E-state index contributed by atoms with van der Waals surface area (Å²) in [6.45, 7) is -0.264. The first-order chi connectivity index (χ1) is 9.42. The molecule has 118 valence electrons. The van der Waals surface area contributed by atoms with Crippen molar-refractivity contribution < 1.29 is 39.8 Å². The summed E-state index contributed by atoms with van der Waals surface area (Å²) in [5.74, 6) is -0.986. The fourth-order valence-corrected chi connectivity index (χ4v) is 2.97. The number of hydrogen-bond acceptors (Lipinski definition) is 8. The van der Waals surface area contributed by atoms with E-state index in [1.165, 1.54) is 7.11 Å². The maximum Gasteiger partial charge on any atom is 0.316 e. The van der Waals surface area contributed by atoms with Crippen molar-refractivity contribution in [1.82, 2.24) is 0 Å². The van der Waals surface area contributed by atoms with Crippen LogP contribution in [0.25, 0.3) is 0 Å². The summed E-state index contributed by atoms with van der Waals surface area (Å²) in [7, 11) is 1.29. The Balaban J connectivity index is 2.59. The fraction of sp³-hybridized carbons (Fsp3) is 0.909. The van der Waals surface area contributed by atoms with Gasteiger partial charge in [0.1, 0.15) is 23.6 Å². The van der Waals surface area contributed by atoms with Gasteiger partial charge in [-0.2, -0.15) is 0 Å². The quantitative estimate of drug-likeness (QED) is 0.362. The SMILES string of the molecule is CO[C@@H]1O[C@H](CSC(CCO)C(=O)O)[C@@H](O)[C@H](O)[C@H]1O. The molecular formula is C11H20O8S. The topological polar surface area (TPSA) is 137 Å². The first-order valence-corrected chi connectivity index (χ1v) is 7.15. The van der Waals surface area contributed by atoms with Gasteiger partial charge in [0.25, 0.3) is 0 Å². The van der Waals surface area contributed by atoms with Gasteiger partial charge in [-0.25, -0.2) is 0 Å². The maximum absolute atomic E-state index is 10.9. The summed E-state index contributed by atoms with van der Waals surface area (Å²) in [6, 6.07) is 0. The summed E-state index contributed by atoms with van der Waals surface area (Å²) in [6.07, 6.45) is -6.03. The first kappa shape index (κ1) is 17.6. The van der Waals surface area contributed by atoms with E-state index in [0.29, 0.717) is 0 Å². The monoisotopic (exact) mass is 312 g/mol. The van der Waals surface area contributed by atoms with E-state index in [1.807, 2.05) is 0 Å². The molecule has 1 aliphatic rings. The van der Waals surface area contributed by atoms with Crippen LogP contribution in [-0.4, -0.2) is 86.9 Å². The van der Waals surface area contributed by atoms with Gasteiger partial charge in [-0.05, 0) is 6.42 Å². The molecule has 0 radical (unpaired) electrons. The van der Waals surface area contributed by atoms with E-state index in [0.717, 1.165) is 11.8 Å². The molecule has 8 nitrogen and oxygen atoms in total. The number of aliphatic hydroxyl groups excluding tert-OH is 4. The predicted molar refractivity (Wildman–Crippen MR) is 69.3 cm³/mol. The van der Waals surface area contributed by atoms with Crippen LogP contribution in [0, 0.1) is 0 Å². The molecule has 20 heavy (non-hydrogen) atoms. The van der Waals surface area contributed by atoms with Crippen molar-refractivity contribution in [3.05, 3.63) is 0 Å². The van der Waals surface area contributed by atoms with Crippen molar-refractivity contribution in [3.63, 3.8) is 0 Å². The molecule has 5 N–H and O–H groups in total. The van der Waals surface area contributed by atoms with Gasteiger partial charge in [0.2, 0.25) is 0 Å². The van der Waals surface area contributed by atoms with E-state index < -0.39 is 41.9 Å². The van der Waals surface area contributed by atoms with E-state index in [2.05, 4.69) is 0 Å². The zero-order valence-electron chi connectivity index (χ0n) is 11.0. The van der Waals surface area contributed by atoms with Crippen molar-refractivity contribution in [2.45, 2.75) is 42.4 Å². The Morgan fingerprint density at radius 1 is 1.30 bits per heavy atom. The van der Waals surface area contributed by atoms with Crippen LogP contribution in [0.5, 0.6) is 0 Å². The molecular weight excluding hydrogens is 292 g/mol. The summed E-state index contributed by atoms with van der Waals surface area (Å²) >= 11 is 0.987. The van der Waals surface area contributed by atoms with E-state index in [9.17, 15) is 20.1 Å². The Morgan fingerprint density at radius 3 is 2.45 bits per heavy atom. The van der Waals surface area contributed by atoms with Gasteiger partial charge in [0.15, 0.2) is 6.29 Å². The number of aliphatic hydroxyl groups is 4. The normalized spacial score (nSPS) is 35.8. The number of ether oxygens (including phenoxy) is 2. The minimum Gasteiger partial charge on any atom is -0.480 e. The highest BCUT2D eigenvalue weighted by atomic mass is 32.2. The molecule has 0 aromatic carbocycles. The Morgan fingerprint density at radius 2 is 1.95 bits per heavy atom. The molecule has 1 rings (SSSR count). The smallest absolute Gasteiger partial charge is 0.316 e. The van der Waals surface area contributed by atoms with Gasteiger partial charge in [-0.15, -0.1) is 11.8 Å². The molecule has 0 amide bonds. The van der Waals surface area contributed by atoms with Crippen molar-refractivity contribution in [1.29, 1.82) is 0 Å². The first-order valence-electron chi connectivity index (χ1n) is 6.10. The molecule has 0 aromatic heterocycles. The van der Waals surface area contributed by atoms with Crippen molar-refractivity contribution in [3.8, 4) is 0 Å². The van der Waals surface area contributed by atoms with E-state index >= 15 is 0 Å². The standard InChI is InChI=1S/C11H20O8S/c1-18-11-9(15)8(14)7(13)5(19-11)4-20-6(2-3-12)10(16)17/h5-9,11-15H,2-4H2,1H3,(H,16,17)/t5-,6?,7-,8+,9-,11-/m1/s1. The van der Waals surface area contributed by atoms with E-state index in [-0.39, 0.29) is 18.8 Å². The van der Waals surface area contributed by atoms with Gasteiger partial charge in [-0.3, -0.25) is 4.79 Å². The van der Waals surface area contributed by atoms with Gasteiger partial charge >= 0.3 is 5.97 Å². The predicted octanol–water partition coefficient (Wildman–Crippen LogP) is -1.99. The van der Waals surface area contributed by atoms with Crippen LogP contribution in [0.3, 0.4) is 0 Å². The van der Waals surface area contributed by atoms with Crippen LogP contribution < -0.4 is 0 Å². The lowest BCUT2D eigenvalue weighted by Gasteiger charge is -2.39. The number of carboxylic acids is 1. The Bertz CT molecular complexity index is 313. The average Bonchev–Trinajstić information content (AvgIpc) is 2.42. The number of methoxy groups -OCH3 is 1. The van der Waals surface area contributed by atoms with E-state index in [1.54, 1.807) is 0 Å². The van der Waals surface area contributed by atoms with Gasteiger partial charge < -0.3 is 35.0 Å². The molecule has 0 spiro atoms. The highest BCUT2D eigenvalue weighted by molar-refractivity contribution is 8.00. The molecule has 1 unspecified atom stereocenters. The Kier molecular flexibility index (Phi) is 7.17. The lowest BCUT2D eigenvalue weighted by Crippen LogP contribution is -2.58. The molecule has 9 heteroatoms. The molecule has 0 aliphatic carbocycles. The number of carbonyl (C=O) groups is 1. The van der Waals surface area contributed by atoms with Gasteiger partial charge in [-0.1, -0.05) is 0 Å². The molecule has 1 saturated heterocycles. The molecule has 6 atom stereocenters. The molecule has 0 bridgehead atoms. The van der Waals surface area contributed by atoms with Crippen LogP contribution in [0.15, 0.2) is 0 Å². The van der Waals surface area contributed by atoms with Crippen molar-refractivity contribution in [2.75, 3.05) is 19.5 Å². The molecule has 0 saturated carbocycles. The van der Waals surface area contributed by atoms with Gasteiger partial charge in [0, 0.05) is 19.5 Å². The lowest BCUT2D eigenvalue weighted by molar-refractivity contribution is -0.284. The summed E-state index contributed by atoms with van der Waals surface area (Å²) in [5, 5.41) is 45.9. The van der Waals surface area contributed by atoms with Crippen LogP contribution in [0.2, 0.25) is 0 Å².